The van der Waals surface area contributed by atoms with E-state index in [1.54, 1.807) is 6.08 Å². The Labute approximate surface area is 212 Å². The Kier molecular flexibility index (Phi) is 19.3. The van der Waals surface area contributed by atoms with E-state index in [1.807, 2.05) is 30.3 Å². The van der Waals surface area contributed by atoms with Crippen LogP contribution in [-0.2, 0) is 19.1 Å². The molecule has 0 saturated heterocycles. The van der Waals surface area contributed by atoms with Gasteiger partial charge in [0, 0.05) is 12.5 Å². The second-order valence-electron chi connectivity index (χ2n) is 9.05. The zero-order valence-electron chi connectivity index (χ0n) is 21.7. The minimum atomic E-state index is -1.03. The van der Waals surface area contributed by atoms with Crippen molar-refractivity contribution in [3.63, 3.8) is 0 Å². The molecule has 0 aliphatic rings. The van der Waals surface area contributed by atoms with Crippen LogP contribution in [0.1, 0.15) is 102 Å². The van der Waals surface area contributed by atoms with E-state index in [2.05, 4.69) is 19.1 Å². The topological polar surface area (TPSA) is 72.8 Å². The fourth-order valence-electron chi connectivity index (χ4n) is 3.60. The number of aliphatic hydroxyl groups excluding tert-OH is 1. The minimum Gasteiger partial charge on any atom is -0.463 e. The monoisotopic (exact) mass is 486 g/mol. The number of rotatable bonds is 21. The third-order valence-electron chi connectivity index (χ3n) is 5.71. The van der Waals surface area contributed by atoms with Gasteiger partial charge in [-0.05, 0) is 43.7 Å². The Hall–Kier alpha value is -2.40. The number of carbonyl (C=O) groups is 2. The zero-order valence-corrected chi connectivity index (χ0v) is 21.7. The first-order chi connectivity index (χ1) is 17.1. The summed E-state index contributed by atoms with van der Waals surface area (Å²) in [5.41, 5.74) is 0.884. The molecule has 1 rings (SSSR count). The van der Waals surface area contributed by atoms with Gasteiger partial charge in [-0.15, -0.1) is 0 Å². The minimum absolute atomic E-state index is 0.167. The van der Waals surface area contributed by atoms with Crippen LogP contribution in [0.15, 0.2) is 48.6 Å². The summed E-state index contributed by atoms with van der Waals surface area (Å²) < 4.78 is 10.1. The predicted molar refractivity (Wildman–Crippen MR) is 143 cm³/mol. The lowest BCUT2D eigenvalue weighted by molar-refractivity contribution is -0.150. The van der Waals surface area contributed by atoms with Crippen LogP contribution in [0.4, 0.5) is 0 Å². The molecule has 5 nitrogen and oxygen atoms in total. The highest BCUT2D eigenvalue weighted by Crippen LogP contribution is 2.10. The van der Waals surface area contributed by atoms with Crippen molar-refractivity contribution in [3.05, 3.63) is 54.1 Å². The van der Waals surface area contributed by atoms with Gasteiger partial charge in [0.1, 0.15) is 19.3 Å². The Bertz CT molecular complexity index is 711. The lowest BCUT2D eigenvalue weighted by atomic mass is 10.1. The molecular formula is C30H46O5. The highest BCUT2D eigenvalue weighted by atomic mass is 16.6. The van der Waals surface area contributed by atoms with Crippen LogP contribution in [0.25, 0.3) is 6.08 Å². The molecule has 1 aromatic carbocycles. The van der Waals surface area contributed by atoms with E-state index in [0.717, 1.165) is 31.2 Å². The van der Waals surface area contributed by atoms with Gasteiger partial charge in [0.2, 0.25) is 0 Å². The summed E-state index contributed by atoms with van der Waals surface area (Å²) in [7, 11) is 0. The SMILES string of the molecule is CCCCCCCC/C=C\CCCCCCCC(=O)OCC(O)COC(=O)/C=C/c1ccccc1. The number of benzene rings is 1. The first-order valence-corrected chi connectivity index (χ1v) is 13.5. The molecule has 0 radical (unpaired) electrons. The molecule has 0 spiro atoms. The lowest BCUT2D eigenvalue weighted by Crippen LogP contribution is -2.24. The first kappa shape index (κ1) is 30.6. The van der Waals surface area contributed by atoms with E-state index < -0.39 is 12.1 Å². The molecule has 1 unspecified atom stereocenters. The zero-order chi connectivity index (χ0) is 25.4. The predicted octanol–water partition coefficient (Wildman–Crippen LogP) is 7.18. The lowest BCUT2D eigenvalue weighted by Gasteiger charge is -2.11. The van der Waals surface area contributed by atoms with Crippen LogP contribution in [-0.4, -0.2) is 36.4 Å². The number of carbonyl (C=O) groups excluding carboxylic acids is 2. The highest BCUT2D eigenvalue weighted by Gasteiger charge is 2.11. The quantitative estimate of drug-likeness (QED) is 0.0862. The van der Waals surface area contributed by atoms with E-state index in [0.29, 0.717) is 6.42 Å². The molecule has 0 fully saturated rings. The summed E-state index contributed by atoms with van der Waals surface area (Å²) in [6, 6.07) is 9.38. The second kappa shape index (κ2) is 22.1. The maximum absolute atomic E-state index is 11.8. The van der Waals surface area contributed by atoms with Crippen LogP contribution in [0.5, 0.6) is 0 Å². The number of unbranched alkanes of at least 4 members (excludes halogenated alkanes) is 11. The van der Waals surface area contributed by atoms with Crippen LogP contribution in [0.3, 0.4) is 0 Å². The van der Waals surface area contributed by atoms with Gasteiger partial charge >= 0.3 is 11.9 Å². The van der Waals surface area contributed by atoms with Crippen molar-refractivity contribution in [1.82, 2.24) is 0 Å². The molecule has 0 saturated carbocycles. The van der Waals surface area contributed by atoms with Crippen LogP contribution < -0.4 is 0 Å². The third-order valence-corrected chi connectivity index (χ3v) is 5.71. The van der Waals surface area contributed by atoms with Gasteiger partial charge in [-0.25, -0.2) is 4.79 Å². The summed E-state index contributed by atoms with van der Waals surface area (Å²) in [5, 5.41) is 9.85. The second-order valence-corrected chi connectivity index (χ2v) is 9.05. The van der Waals surface area contributed by atoms with Crippen molar-refractivity contribution in [1.29, 1.82) is 0 Å². The highest BCUT2D eigenvalue weighted by molar-refractivity contribution is 5.87. The molecule has 35 heavy (non-hydrogen) atoms. The fourth-order valence-corrected chi connectivity index (χ4v) is 3.60. The van der Waals surface area contributed by atoms with Crippen LogP contribution in [0.2, 0.25) is 0 Å². The molecule has 1 aromatic rings. The molecule has 196 valence electrons. The van der Waals surface area contributed by atoms with Gasteiger partial charge in [-0.3, -0.25) is 4.79 Å². The molecule has 1 atom stereocenters. The van der Waals surface area contributed by atoms with Crippen molar-refractivity contribution >= 4 is 18.0 Å². The van der Waals surface area contributed by atoms with Gasteiger partial charge < -0.3 is 14.6 Å². The van der Waals surface area contributed by atoms with E-state index in [9.17, 15) is 14.7 Å². The standard InChI is InChI=1S/C30H46O5/c1-2-3-4-5-6-7-8-9-10-11-12-13-14-15-19-22-29(32)34-25-28(31)26-35-30(33)24-23-27-20-17-16-18-21-27/h9-10,16-18,20-21,23-24,28,31H,2-8,11-15,19,22,25-26H2,1H3/b10-9-,24-23+. The average molecular weight is 487 g/mol. The molecule has 0 amide bonds. The summed E-state index contributed by atoms with van der Waals surface area (Å²) in [6.45, 7) is 1.87. The summed E-state index contributed by atoms with van der Waals surface area (Å²) >= 11 is 0. The number of esters is 2. The van der Waals surface area contributed by atoms with Crippen molar-refractivity contribution in [3.8, 4) is 0 Å². The Morgan fingerprint density at radius 3 is 2.03 bits per heavy atom. The fraction of sp³-hybridized carbons (Fsp3) is 0.600. The van der Waals surface area contributed by atoms with E-state index in [-0.39, 0.29) is 19.2 Å². The largest absolute Gasteiger partial charge is 0.463 e. The van der Waals surface area contributed by atoms with Crippen molar-refractivity contribution in [2.24, 2.45) is 0 Å². The number of allylic oxidation sites excluding steroid dienone is 2. The molecule has 0 heterocycles. The maximum Gasteiger partial charge on any atom is 0.330 e. The molecule has 0 aromatic heterocycles. The van der Waals surface area contributed by atoms with Crippen molar-refractivity contribution in [2.75, 3.05) is 13.2 Å². The number of hydrogen-bond acceptors (Lipinski definition) is 5. The van der Waals surface area contributed by atoms with Crippen LogP contribution in [0, 0.1) is 0 Å². The van der Waals surface area contributed by atoms with E-state index >= 15 is 0 Å². The summed E-state index contributed by atoms with van der Waals surface area (Å²) in [5.74, 6) is -0.871. The van der Waals surface area contributed by atoms with E-state index in [1.165, 1.54) is 63.9 Å². The van der Waals surface area contributed by atoms with E-state index in [4.69, 9.17) is 9.47 Å². The molecular weight excluding hydrogens is 440 g/mol. The number of hydrogen-bond donors (Lipinski definition) is 1. The van der Waals surface area contributed by atoms with Crippen molar-refractivity contribution in [2.45, 2.75) is 103 Å². The average Bonchev–Trinajstić information content (AvgIpc) is 2.87. The summed E-state index contributed by atoms with van der Waals surface area (Å²) in [4.78, 5) is 23.5. The third kappa shape index (κ3) is 19.6. The maximum atomic E-state index is 11.8. The van der Waals surface area contributed by atoms with Crippen LogP contribution >= 0.6 is 0 Å². The smallest absolute Gasteiger partial charge is 0.330 e. The van der Waals surface area contributed by atoms with Crippen molar-refractivity contribution < 1.29 is 24.2 Å². The molecule has 5 heteroatoms. The Morgan fingerprint density at radius 1 is 0.800 bits per heavy atom. The molecule has 0 aliphatic heterocycles. The molecule has 0 bridgehead atoms. The normalized spacial score (nSPS) is 12.3. The number of ether oxygens (including phenoxy) is 2. The number of aliphatic hydroxyl groups is 1. The molecule has 0 aliphatic carbocycles. The van der Waals surface area contributed by atoms with Gasteiger partial charge in [-0.1, -0.05) is 101 Å². The van der Waals surface area contributed by atoms with Gasteiger partial charge in [0.25, 0.3) is 0 Å². The Balaban J connectivity index is 1.91. The van der Waals surface area contributed by atoms with Gasteiger partial charge in [0.15, 0.2) is 0 Å². The first-order valence-electron chi connectivity index (χ1n) is 13.5. The molecule has 1 N–H and O–H groups in total. The van der Waals surface area contributed by atoms with Gasteiger partial charge in [0.05, 0.1) is 0 Å². The summed E-state index contributed by atoms with van der Waals surface area (Å²) in [6.07, 6.45) is 22.6. The Morgan fingerprint density at radius 2 is 1.37 bits per heavy atom. The van der Waals surface area contributed by atoms with Gasteiger partial charge in [-0.2, -0.15) is 0 Å².